The van der Waals surface area contributed by atoms with Gasteiger partial charge in [0.15, 0.2) is 0 Å². The number of fused-ring (bicyclic) bond motifs is 6. The Labute approximate surface area is 402 Å². The van der Waals surface area contributed by atoms with Crippen molar-refractivity contribution in [1.29, 1.82) is 0 Å². The molecule has 0 N–H and O–H groups in total. The molecule has 3 heteroatoms. The molecular formula is C66H47N3. The van der Waals surface area contributed by atoms with E-state index in [-0.39, 0.29) is 6.04 Å². The van der Waals surface area contributed by atoms with Gasteiger partial charge in [-0.25, -0.2) is 0 Å². The third kappa shape index (κ3) is 7.06. The minimum Gasteiger partial charge on any atom is -0.334 e. The highest BCUT2D eigenvalue weighted by atomic mass is 15.2. The van der Waals surface area contributed by atoms with E-state index in [1.54, 1.807) is 0 Å². The number of aromatic nitrogens is 2. The van der Waals surface area contributed by atoms with Gasteiger partial charge in [0.05, 0.1) is 28.1 Å². The third-order valence-electron chi connectivity index (χ3n) is 14.1. The summed E-state index contributed by atoms with van der Waals surface area (Å²) in [6.45, 7) is 0. The molecule has 0 radical (unpaired) electrons. The summed E-state index contributed by atoms with van der Waals surface area (Å²) < 4.78 is 4.83. The van der Waals surface area contributed by atoms with E-state index in [1.165, 1.54) is 88.1 Å². The minimum atomic E-state index is 0.139. The van der Waals surface area contributed by atoms with Gasteiger partial charge in [-0.3, -0.25) is 0 Å². The average Bonchev–Trinajstić information content (AvgIpc) is 3.95. The molecule has 0 saturated carbocycles. The molecule has 0 fully saturated rings. The number of nitrogens with zero attached hydrogens (tertiary/aromatic N) is 3. The summed E-state index contributed by atoms with van der Waals surface area (Å²) in [4.78, 5) is 2.50. The van der Waals surface area contributed by atoms with Crippen LogP contribution in [0.5, 0.6) is 0 Å². The summed E-state index contributed by atoms with van der Waals surface area (Å²) in [5.41, 5.74) is 19.1. The lowest BCUT2D eigenvalue weighted by Gasteiger charge is -2.33. The Morgan fingerprint density at radius 3 is 1.41 bits per heavy atom. The van der Waals surface area contributed by atoms with Crippen LogP contribution in [0.3, 0.4) is 0 Å². The monoisotopic (exact) mass is 881 g/mol. The Kier molecular flexibility index (Phi) is 9.98. The number of para-hydroxylation sites is 3. The standard InChI is InChI=1S/C66H47N3/c1-5-17-46(18-6-1)48-31-38-54(39-32-48)67(55-40-33-49(34-41-55)47-19-7-2-8-20-47)56-42-35-50(36-43-56)57-26-15-29-63-65(57)66-58(27-16-30-64(66)69(63)53-23-11-4-12-24-53)51-37-44-62-60(45-51)59-25-13-14-28-61(59)68(62)52-21-9-3-10-22-52/h1-40,42-45,55H,41H2. The SMILES string of the molecule is C1=CC(N(c2ccc(-c3ccccc3)cc2)c2ccc(-c3cccc4c3c3c(-c5ccc6c(c5)c5ccccc5n6-c5ccccc5)cccc3n4-c3ccccc3)cc2)CC=C1c1ccccc1. The van der Waals surface area contributed by atoms with Crippen LogP contribution in [0, 0.1) is 0 Å². The Morgan fingerprint density at radius 1 is 0.348 bits per heavy atom. The topological polar surface area (TPSA) is 13.1 Å². The van der Waals surface area contributed by atoms with Crippen LogP contribution in [0.25, 0.3) is 93.9 Å². The second kappa shape index (κ2) is 17.1. The Balaban J connectivity index is 0.956. The fraction of sp³-hybridized carbons (Fsp3) is 0.0303. The summed E-state index contributed by atoms with van der Waals surface area (Å²) in [7, 11) is 0. The molecule has 1 aliphatic rings. The van der Waals surface area contributed by atoms with Gasteiger partial charge in [0.1, 0.15) is 0 Å². The van der Waals surface area contributed by atoms with E-state index in [4.69, 9.17) is 0 Å². The van der Waals surface area contributed by atoms with Crippen LogP contribution in [0.15, 0.2) is 267 Å². The lowest BCUT2D eigenvalue weighted by atomic mass is 9.93. The van der Waals surface area contributed by atoms with Gasteiger partial charge in [-0.05, 0) is 130 Å². The molecule has 326 valence electrons. The zero-order valence-corrected chi connectivity index (χ0v) is 38.0. The molecule has 2 aromatic heterocycles. The lowest BCUT2D eigenvalue weighted by molar-refractivity contribution is 0.787. The number of allylic oxidation sites excluding steroid dienone is 2. The highest BCUT2D eigenvalue weighted by molar-refractivity contribution is 6.21. The predicted molar refractivity (Wildman–Crippen MR) is 292 cm³/mol. The fourth-order valence-corrected chi connectivity index (χ4v) is 10.9. The first-order valence-corrected chi connectivity index (χ1v) is 23.9. The van der Waals surface area contributed by atoms with Crippen molar-refractivity contribution in [1.82, 2.24) is 9.13 Å². The molecule has 0 aliphatic heterocycles. The predicted octanol–water partition coefficient (Wildman–Crippen LogP) is 17.4. The number of hydrogen-bond donors (Lipinski definition) is 0. The summed E-state index contributed by atoms with van der Waals surface area (Å²) in [5.74, 6) is 0. The molecule has 0 spiro atoms. The first-order chi connectivity index (χ1) is 34.2. The molecule has 3 nitrogen and oxygen atoms in total. The van der Waals surface area contributed by atoms with Crippen LogP contribution < -0.4 is 4.90 Å². The molecule has 2 heterocycles. The average molecular weight is 882 g/mol. The Hall–Kier alpha value is -8.92. The van der Waals surface area contributed by atoms with Gasteiger partial charge in [0.2, 0.25) is 0 Å². The molecule has 12 aromatic rings. The number of rotatable bonds is 9. The van der Waals surface area contributed by atoms with E-state index in [0.717, 1.165) is 29.2 Å². The van der Waals surface area contributed by atoms with Gasteiger partial charge in [0, 0.05) is 44.3 Å². The zero-order chi connectivity index (χ0) is 45.7. The van der Waals surface area contributed by atoms with E-state index in [1.807, 2.05) is 0 Å². The summed E-state index contributed by atoms with van der Waals surface area (Å²) in [5, 5.41) is 4.98. The van der Waals surface area contributed by atoms with Crippen molar-refractivity contribution in [3.8, 4) is 44.8 Å². The largest absolute Gasteiger partial charge is 0.334 e. The van der Waals surface area contributed by atoms with Gasteiger partial charge in [0.25, 0.3) is 0 Å². The van der Waals surface area contributed by atoms with Gasteiger partial charge in [-0.2, -0.15) is 0 Å². The molecule has 1 atom stereocenters. The van der Waals surface area contributed by atoms with Crippen LogP contribution in [0.4, 0.5) is 11.4 Å². The van der Waals surface area contributed by atoms with Crippen LogP contribution in [-0.4, -0.2) is 15.2 Å². The summed E-state index contributed by atoms with van der Waals surface area (Å²) in [6, 6.07) is 90.8. The van der Waals surface area contributed by atoms with Crippen LogP contribution in [0.2, 0.25) is 0 Å². The molecule has 69 heavy (non-hydrogen) atoms. The first-order valence-electron chi connectivity index (χ1n) is 23.9. The van der Waals surface area contributed by atoms with Crippen molar-refractivity contribution in [2.45, 2.75) is 12.5 Å². The third-order valence-corrected chi connectivity index (χ3v) is 14.1. The van der Waals surface area contributed by atoms with E-state index in [2.05, 4.69) is 281 Å². The maximum absolute atomic E-state index is 2.50. The van der Waals surface area contributed by atoms with Crippen molar-refractivity contribution >= 4 is 60.6 Å². The maximum Gasteiger partial charge on any atom is 0.0560 e. The second-order valence-corrected chi connectivity index (χ2v) is 18.0. The van der Waals surface area contributed by atoms with Crippen LogP contribution >= 0.6 is 0 Å². The van der Waals surface area contributed by atoms with E-state index in [0.29, 0.717) is 0 Å². The minimum absolute atomic E-state index is 0.139. The second-order valence-electron chi connectivity index (χ2n) is 18.0. The number of anilines is 2. The highest BCUT2D eigenvalue weighted by Crippen LogP contribution is 2.45. The van der Waals surface area contributed by atoms with Crippen molar-refractivity contribution in [3.63, 3.8) is 0 Å². The van der Waals surface area contributed by atoms with E-state index >= 15 is 0 Å². The number of benzene rings is 10. The number of hydrogen-bond acceptors (Lipinski definition) is 1. The van der Waals surface area contributed by atoms with Crippen LogP contribution in [0.1, 0.15) is 12.0 Å². The Morgan fingerprint density at radius 2 is 0.812 bits per heavy atom. The molecule has 0 bridgehead atoms. The van der Waals surface area contributed by atoms with Gasteiger partial charge < -0.3 is 14.0 Å². The first kappa shape index (κ1) is 40.4. The molecule has 1 aliphatic carbocycles. The molecular weight excluding hydrogens is 835 g/mol. The molecule has 10 aromatic carbocycles. The quantitative estimate of drug-likeness (QED) is 0.141. The van der Waals surface area contributed by atoms with Crippen LogP contribution in [-0.2, 0) is 0 Å². The Bertz CT molecular complexity index is 3880. The van der Waals surface area contributed by atoms with Gasteiger partial charge in [-0.15, -0.1) is 0 Å². The van der Waals surface area contributed by atoms with E-state index < -0.39 is 0 Å². The van der Waals surface area contributed by atoms with Crippen molar-refractivity contribution < 1.29 is 0 Å². The normalized spacial score (nSPS) is 13.6. The van der Waals surface area contributed by atoms with Crippen molar-refractivity contribution in [3.05, 3.63) is 273 Å². The molecule has 0 amide bonds. The summed E-state index contributed by atoms with van der Waals surface area (Å²) >= 11 is 0. The molecule has 13 rings (SSSR count). The zero-order valence-electron chi connectivity index (χ0n) is 38.0. The smallest absolute Gasteiger partial charge is 0.0560 e. The van der Waals surface area contributed by atoms with Crippen molar-refractivity contribution in [2.24, 2.45) is 0 Å². The summed E-state index contributed by atoms with van der Waals surface area (Å²) in [6.07, 6.45) is 7.95. The lowest BCUT2D eigenvalue weighted by Crippen LogP contribution is -2.30. The molecule has 1 unspecified atom stereocenters. The van der Waals surface area contributed by atoms with E-state index in [9.17, 15) is 0 Å². The van der Waals surface area contributed by atoms with Gasteiger partial charge in [-0.1, -0.05) is 188 Å². The van der Waals surface area contributed by atoms with Crippen molar-refractivity contribution in [2.75, 3.05) is 4.90 Å². The fourth-order valence-electron chi connectivity index (χ4n) is 10.9. The van der Waals surface area contributed by atoms with Gasteiger partial charge >= 0.3 is 0 Å². The maximum atomic E-state index is 2.50. The highest BCUT2D eigenvalue weighted by Gasteiger charge is 2.24. The molecule has 0 saturated heterocycles.